The van der Waals surface area contributed by atoms with Crippen LogP contribution in [0.5, 0.6) is 5.75 Å². The van der Waals surface area contributed by atoms with Gasteiger partial charge in [-0.2, -0.15) is 0 Å². The number of para-hydroxylation sites is 1. The summed E-state index contributed by atoms with van der Waals surface area (Å²) in [7, 11) is 3.43. The number of aliphatic imine (C=N–C) groups is 1. The summed E-state index contributed by atoms with van der Waals surface area (Å²) in [6.45, 7) is 1.30. The highest BCUT2D eigenvalue weighted by atomic mass is 127. The molecule has 148 valence electrons. The van der Waals surface area contributed by atoms with Gasteiger partial charge in [-0.25, -0.2) is 0 Å². The molecule has 1 aromatic heterocycles. The van der Waals surface area contributed by atoms with Gasteiger partial charge < -0.3 is 15.4 Å². The first-order chi connectivity index (χ1) is 13.3. The zero-order chi connectivity index (χ0) is 18.9. The van der Waals surface area contributed by atoms with Crippen LogP contribution in [0.25, 0.3) is 5.69 Å². The van der Waals surface area contributed by atoms with Crippen molar-refractivity contribution in [3.05, 3.63) is 72.3 Å². The molecule has 0 radical (unpaired) electrons. The SMILES string of the molecule is CN=C(NCCc1ccc(OC)cc1)NCc1nncn1-c1ccccc1.I. The van der Waals surface area contributed by atoms with Gasteiger partial charge in [-0.05, 0) is 36.2 Å². The number of halogens is 1. The summed E-state index contributed by atoms with van der Waals surface area (Å²) in [6, 6.07) is 18.1. The molecule has 3 aromatic rings. The number of nitrogens with one attached hydrogen (secondary N) is 2. The third-order valence-corrected chi connectivity index (χ3v) is 4.16. The topological polar surface area (TPSA) is 76.4 Å². The predicted molar refractivity (Wildman–Crippen MR) is 122 cm³/mol. The number of ether oxygens (including phenoxy) is 1. The zero-order valence-corrected chi connectivity index (χ0v) is 18.3. The Bertz CT molecular complexity index is 864. The van der Waals surface area contributed by atoms with E-state index in [-0.39, 0.29) is 24.0 Å². The number of methoxy groups -OCH3 is 1. The summed E-state index contributed by atoms with van der Waals surface area (Å²) in [5, 5.41) is 14.8. The van der Waals surface area contributed by atoms with E-state index in [1.807, 2.05) is 47.0 Å². The van der Waals surface area contributed by atoms with Gasteiger partial charge in [0.25, 0.3) is 0 Å². The summed E-state index contributed by atoms with van der Waals surface area (Å²) in [6.07, 6.45) is 2.61. The molecule has 0 amide bonds. The number of hydrogen-bond donors (Lipinski definition) is 2. The largest absolute Gasteiger partial charge is 0.497 e. The van der Waals surface area contributed by atoms with Gasteiger partial charge in [0, 0.05) is 19.3 Å². The van der Waals surface area contributed by atoms with Crippen LogP contribution in [-0.4, -0.2) is 41.4 Å². The molecular weight excluding hydrogens is 467 g/mol. The van der Waals surface area contributed by atoms with Gasteiger partial charge in [0.05, 0.1) is 13.7 Å². The average molecular weight is 492 g/mol. The molecule has 0 aliphatic carbocycles. The highest BCUT2D eigenvalue weighted by Gasteiger charge is 2.07. The van der Waals surface area contributed by atoms with Gasteiger partial charge in [0.2, 0.25) is 0 Å². The van der Waals surface area contributed by atoms with Crippen molar-refractivity contribution in [1.29, 1.82) is 0 Å². The number of aromatic nitrogens is 3. The average Bonchev–Trinajstić information content (AvgIpc) is 3.20. The second kappa shape index (κ2) is 11.3. The van der Waals surface area contributed by atoms with Crippen LogP contribution in [0.2, 0.25) is 0 Å². The highest BCUT2D eigenvalue weighted by molar-refractivity contribution is 14.0. The predicted octanol–water partition coefficient (Wildman–Crippen LogP) is 2.80. The van der Waals surface area contributed by atoms with Crippen LogP contribution in [0, 0.1) is 0 Å². The van der Waals surface area contributed by atoms with Crippen molar-refractivity contribution in [2.75, 3.05) is 20.7 Å². The highest BCUT2D eigenvalue weighted by Crippen LogP contribution is 2.11. The van der Waals surface area contributed by atoms with Crippen molar-refractivity contribution in [1.82, 2.24) is 25.4 Å². The van der Waals surface area contributed by atoms with E-state index in [9.17, 15) is 0 Å². The maximum atomic E-state index is 5.18. The Hall–Kier alpha value is -2.62. The molecule has 2 N–H and O–H groups in total. The second-order valence-corrected chi connectivity index (χ2v) is 5.90. The summed E-state index contributed by atoms with van der Waals surface area (Å²) in [5.41, 5.74) is 2.27. The molecule has 0 aliphatic heterocycles. The van der Waals surface area contributed by atoms with Crippen molar-refractivity contribution in [3.63, 3.8) is 0 Å². The molecule has 0 atom stereocenters. The lowest BCUT2D eigenvalue weighted by Crippen LogP contribution is -2.38. The van der Waals surface area contributed by atoms with Crippen molar-refractivity contribution < 1.29 is 4.74 Å². The van der Waals surface area contributed by atoms with Gasteiger partial charge >= 0.3 is 0 Å². The maximum absolute atomic E-state index is 5.18. The van der Waals surface area contributed by atoms with Gasteiger partial charge in [0.15, 0.2) is 11.8 Å². The van der Waals surface area contributed by atoms with E-state index >= 15 is 0 Å². The Kier molecular flexibility index (Phi) is 8.73. The normalized spacial score (nSPS) is 10.9. The van der Waals surface area contributed by atoms with E-state index in [0.717, 1.165) is 36.2 Å². The van der Waals surface area contributed by atoms with Crippen LogP contribution >= 0.6 is 24.0 Å². The van der Waals surface area contributed by atoms with E-state index in [2.05, 4.69) is 38.0 Å². The molecule has 3 rings (SSSR count). The Balaban J connectivity index is 0.00000280. The minimum atomic E-state index is 0. The number of nitrogens with zero attached hydrogens (tertiary/aromatic N) is 4. The third kappa shape index (κ3) is 5.95. The molecule has 2 aromatic carbocycles. The van der Waals surface area contributed by atoms with Crippen molar-refractivity contribution in [3.8, 4) is 11.4 Å². The first kappa shape index (κ1) is 21.7. The molecule has 0 spiro atoms. The number of guanidine groups is 1. The lowest BCUT2D eigenvalue weighted by Gasteiger charge is -2.12. The van der Waals surface area contributed by atoms with Crippen LogP contribution in [-0.2, 0) is 13.0 Å². The van der Waals surface area contributed by atoms with Crippen LogP contribution in [0.15, 0.2) is 65.9 Å². The molecule has 0 unspecified atom stereocenters. The standard InChI is InChI=1S/C20H24N6O.HI/c1-21-20(22-13-12-16-8-10-18(27-2)11-9-16)23-14-19-25-24-15-26(19)17-6-4-3-5-7-17;/h3-11,15H,12-14H2,1-2H3,(H2,21,22,23);1H. The van der Waals surface area contributed by atoms with Crippen molar-refractivity contribution in [2.45, 2.75) is 13.0 Å². The molecule has 28 heavy (non-hydrogen) atoms. The fourth-order valence-corrected chi connectivity index (χ4v) is 2.68. The molecule has 0 saturated carbocycles. The van der Waals surface area contributed by atoms with E-state index in [0.29, 0.717) is 6.54 Å². The Labute approximate surface area is 182 Å². The summed E-state index contributed by atoms with van der Waals surface area (Å²) < 4.78 is 7.14. The van der Waals surface area contributed by atoms with E-state index in [4.69, 9.17) is 4.74 Å². The van der Waals surface area contributed by atoms with Gasteiger partial charge in [-0.3, -0.25) is 9.56 Å². The van der Waals surface area contributed by atoms with Crippen LogP contribution in [0.1, 0.15) is 11.4 Å². The molecule has 1 heterocycles. The van der Waals surface area contributed by atoms with Crippen LogP contribution < -0.4 is 15.4 Å². The van der Waals surface area contributed by atoms with Crippen LogP contribution in [0.3, 0.4) is 0 Å². The van der Waals surface area contributed by atoms with Gasteiger partial charge in [-0.15, -0.1) is 34.2 Å². The van der Waals surface area contributed by atoms with Crippen LogP contribution in [0.4, 0.5) is 0 Å². The van der Waals surface area contributed by atoms with E-state index < -0.39 is 0 Å². The van der Waals surface area contributed by atoms with E-state index in [1.54, 1.807) is 20.5 Å². The molecule has 8 heteroatoms. The summed E-state index contributed by atoms with van der Waals surface area (Å²) in [4.78, 5) is 4.27. The minimum Gasteiger partial charge on any atom is -0.497 e. The molecular formula is C20H25IN6O. The monoisotopic (exact) mass is 492 g/mol. The quantitative estimate of drug-likeness (QED) is 0.302. The number of hydrogen-bond acceptors (Lipinski definition) is 4. The Morgan fingerprint density at radius 2 is 1.82 bits per heavy atom. The first-order valence-corrected chi connectivity index (χ1v) is 8.82. The third-order valence-electron chi connectivity index (χ3n) is 4.16. The van der Waals surface area contributed by atoms with Gasteiger partial charge in [-0.1, -0.05) is 30.3 Å². The summed E-state index contributed by atoms with van der Waals surface area (Å²) >= 11 is 0. The van der Waals surface area contributed by atoms with Crippen molar-refractivity contribution in [2.24, 2.45) is 4.99 Å². The lowest BCUT2D eigenvalue weighted by molar-refractivity contribution is 0.414. The Morgan fingerprint density at radius 3 is 2.50 bits per heavy atom. The summed E-state index contributed by atoms with van der Waals surface area (Å²) in [5.74, 6) is 2.41. The number of benzene rings is 2. The molecule has 0 fully saturated rings. The smallest absolute Gasteiger partial charge is 0.191 e. The Morgan fingerprint density at radius 1 is 1.07 bits per heavy atom. The minimum absolute atomic E-state index is 0. The molecule has 0 bridgehead atoms. The van der Waals surface area contributed by atoms with Crippen molar-refractivity contribution >= 4 is 29.9 Å². The fraction of sp³-hybridized carbons (Fsp3) is 0.250. The molecule has 7 nitrogen and oxygen atoms in total. The molecule has 0 aliphatic rings. The first-order valence-electron chi connectivity index (χ1n) is 8.82. The fourth-order valence-electron chi connectivity index (χ4n) is 2.68. The second-order valence-electron chi connectivity index (χ2n) is 5.90. The molecule has 0 saturated heterocycles. The zero-order valence-electron chi connectivity index (χ0n) is 16.0. The maximum Gasteiger partial charge on any atom is 0.191 e. The number of rotatable bonds is 7. The van der Waals surface area contributed by atoms with E-state index in [1.165, 1.54) is 5.56 Å². The lowest BCUT2D eigenvalue weighted by atomic mass is 10.1. The van der Waals surface area contributed by atoms with Gasteiger partial charge in [0.1, 0.15) is 12.1 Å².